The fraction of sp³-hybridized carbons (Fsp3) is 0.227. The first kappa shape index (κ1) is 17.1. The van der Waals surface area contributed by atoms with E-state index in [1.165, 1.54) is 11.1 Å². The van der Waals surface area contributed by atoms with Crippen LogP contribution < -0.4 is 0 Å². The van der Waals surface area contributed by atoms with Crippen LogP contribution in [0.25, 0.3) is 16.5 Å². The van der Waals surface area contributed by atoms with Gasteiger partial charge in [0.25, 0.3) is 0 Å². The molecule has 26 heavy (non-hydrogen) atoms. The molecule has 4 heteroatoms. The summed E-state index contributed by atoms with van der Waals surface area (Å²) in [7, 11) is 0. The van der Waals surface area contributed by atoms with Gasteiger partial charge >= 0.3 is 0 Å². The number of aromatic nitrogens is 1. The van der Waals surface area contributed by atoms with Gasteiger partial charge in [-0.15, -0.1) is 0 Å². The van der Waals surface area contributed by atoms with Crippen LogP contribution in [-0.4, -0.2) is 35.3 Å². The summed E-state index contributed by atoms with van der Waals surface area (Å²) in [6, 6.07) is 16.0. The number of H-pyrrole nitrogens is 1. The molecular weight excluding hydrogens is 344 g/mol. The zero-order chi connectivity index (χ0) is 17.9. The summed E-state index contributed by atoms with van der Waals surface area (Å²) in [5, 5.41) is 1.78. The number of rotatable bonds is 5. The van der Waals surface area contributed by atoms with Crippen LogP contribution in [0.2, 0.25) is 5.02 Å². The highest BCUT2D eigenvalue weighted by molar-refractivity contribution is 6.30. The highest BCUT2D eigenvalue weighted by Crippen LogP contribution is 2.24. The molecule has 0 radical (unpaired) electrons. The van der Waals surface area contributed by atoms with Gasteiger partial charge < -0.3 is 4.98 Å². The van der Waals surface area contributed by atoms with Crippen molar-refractivity contribution in [1.29, 1.82) is 0 Å². The van der Waals surface area contributed by atoms with E-state index in [2.05, 4.69) is 28.1 Å². The third kappa shape index (κ3) is 3.59. The lowest BCUT2D eigenvalue weighted by Crippen LogP contribution is -2.30. The molecule has 0 atom stereocenters. The van der Waals surface area contributed by atoms with Crippen LogP contribution >= 0.6 is 11.6 Å². The van der Waals surface area contributed by atoms with Gasteiger partial charge in [0.05, 0.1) is 0 Å². The van der Waals surface area contributed by atoms with Gasteiger partial charge in [0.15, 0.2) is 5.78 Å². The number of fused-ring (bicyclic) bond motifs is 1. The predicted octanol–water partition coefficient (Wildman–Crippen LogP) is 5.18. The number of nitrogens with one attached hydrogen (secondary N) is 1. The molecule has 4 rings (SSSR count). The van der Waals surface area contributed by atoms with Crippen molar-refractivity contribution in [2.75, 3.05) is 19.6 Å². The molecular formula is C22H21ClN2O. The molecule has 0 fully saturated rings. The summed E-state index contributed by atoms with van der Waals surface area (Å²) in [4.78, 5) is 18.1. The van der Waals surface area contributed by atoms with Crippen LogP contribution in [0.4, 0.5) is 0 Å². The van der Waals surface area contributed by atoms with Gasteiger partial charge in [0.2, 0.25) is 0 Å². The zero-order valence-electron chi connectivity index (χ0n) is 14.5. The number of halogens is 1. The number of carbonyl (C=O) groups excluding carboxylic acids is 1. The smallest absolute Gasteiger partial charge is 0.166 e. The maximum absolute atomic E-state index is 12.6. The fourth-order valence-electron chi connectivity index (χ4n) is 3.54. The Hall–Kier alpha value is -2.36. The van der Waals surface area contributed by atoms with E-state index in [4.69, 9.17) is 11.6 Å². The van der Waals surface area contributed by atoms with Crippen molar-refractivity contribution < 1.29 is 4.79 Å². The average Bonchev–Trinajstić information content (AvgIpc) is 3.11. The summed E-state index contributed by atoms with van der Waals surface area (Å²) in [5.41, 5.74) is 4.42. The minimum Gasteiger partial charge on any atom is -0.360 e. The summed E-state index contributed by atoms with van der Waals surface area (Å²) in [5.74, 6) is 0.204. The molecule has 1 aliphatic rings. The van der Waals surface area contributed by atoms with Crippen molar-refractivity contribution in [1.82, 2.24) is 9.88 Å². The van der Waals surface area contributed by atoms with Crippen molar-refractivity contribution in [3.05, 3.63) is 77.0 Å². The number of carbonyl (C=O) groups is 1. The molecule has 0 amide bonds. The van der Waals surface area contributed by atoms with Crippen LogP contribution in [0.1, 0.15) is 28.8 Å². The summed E-state index contributed by atoms with van der Waals surface area (Å²) >= 11 is 5.96. The van der Waals surface area contributed by atoms with Crippen LogP contribution in [0.3, 0.4) is 0 Å². The van der Waals surface area contributed by atoms with Gasteiger partial charge in [-0.3, -0.25) is 9.69 Å². The van der Waals surface area contributed by atoms with Gasteiger partial charge in [-0.2, -0.15) is 0 Å². The average molecular weight is 365 g/mol. The monoisotopic (exact) mass is 364 g/mol. The second-order valence-electron chi connectivity index (χ2n) is 6.71. The van der Waals surface area contributed by atoms with Crippen molar-refractivity contribution in [3.63, 3.8) is 0 Å². The third-order valence-corrected chi connectivity index (χ3v) is 5.30. The number of para-hydroxylation sites is 1. The molecule has 0 aliphatic carbocycles. The third-order valence-electron chi connectivity index (χ3n) is 5.05. The van der Waals surface area contributed by atoms with Gasteiger partial charge in [0.1, 0.15) is 0 Å². The second kappa shape index (κ2) is 7.48. The molecule has 1 aromatic heterocycles. The Balaban J connectivity index is 1.36. The molecule has 3 aromatic rings. The highest BCUT2D eigenvalue weighted by atomic mass is 35.5. The van der Waals surface area contributed by atoms with E-state index >= 15 is 0 Å². The number of aromatic amines is 1. The van der Waals surface area contributed by atoms with Gasteiger partial charge in [-0.1, -0.05) is 48.0 Å². The van der Waals surface area contributed by atoms with E-state index in [0.717, 1.165) is 47.5 Å². The molecule has 2 heterocycles. The van der Waals surface area contributed by atoms with Crippen molar-refractivity contribution in [2.45, 2.75) is 12.8 Å². The zero-order valence-corrected chi connectivity index (χ0v) is 15.3. The molecule has 2 aromatic carbocycles. The number of hydrogen-bond donors (Lipinski definition) is 1. The molecule has 0 saturated heterocycles. The van der Waals surface area contributed by atoms with Crippen LogP contribution in [0.5, 0.6) is 0 Å². The molecule has 1 aliphatic heterocycles. The normalized spacial score (nSPS) is 15.2. The highest BCUT2D eigenvalue weighted by Gasteiger charge is 2.16. The van der Waals surface area contributed by atoms with Gasteiger partial charge in [0, 0.05) is 53.7 Å². The molecule has 1 N–H and O–H groups in total. The summed E-state index contributed by atoms with van der Waals surface area (Å²) in [6.07, 6.45) is 5.65. The first-order chi connectivity index (χ1) is 12.7. The Kier molecular flexibility index (Phi) is 4.91. The van der Waals surface area contributed by atoms with E-state index < -0.39 is 0 Å². The van der Waals surface area contributed by atoms with Gasteiger partial charge in [-0.25, -0.2) is 0 Å². The van der Waals surface area contributed by atoms with Crippen LogP contribution in [0.15, 0.2) is 60.8 Å². The van der Waals surface area contributed by atoms with Crippen LogP contribution in [-0.2, 0) is 0 Å². The maximum atomic E-state index is 12.6. The Morgan fingerprint density at radius 1 is 1.12 bits per heavy atom. The van der Waals surface area contributed by atoms with Gasteiger partial charge in [-0.05, 0) is 35.8 Å². The number of Topliss-reactive ketones (excluding diaryl/α,β-unsaturated/α-hetero) is 1. The fourth-order valence-corrected chi connectivity index (χ4v) is 3.66. The minimum atomic E-state index is 0.204. The van der Waals surface area contributed by atoms with Crippen LogP contribution in [0, 0.1) is 0 Å². The lowest BCUT2D eigenvalue weighted by molar-refractivity contribution is 0.0968. The SMILES string of the molecule is O=C(CCN1CC=C(c2ccc(Cl)cc2)CC1)c1c[nH]c2ccccc12. The van der Waals surface area contributed by atoms with E-state index in [0.29, 0.717) is 6.42 Å². The summed E-state index contributed by atoms with van der Waals surface area (Å²) in [6.45, 7) is 2.66. The Morgan fingerprint density at radius 2 is 1.92 bits per heavy atom. The van der Waals surface area contributed by atoms with E-state index in [-0.39, 0.29) is 5.78 Å². The van der Waals surface area contributed by atoms with E-state index in [9.17, 15) is 4.79 Å². The Bertz CT molecular complexity index is 956. The van der Waals surface area contributed by atoms with Crippen molar-refractivity contribution in [2.24, 2.45) is 0 Å². The second-order valence-corrected chi connectivity index (χ2v) is 7.14. The minimum absolute atomic E-state index is 0.204. The maximum Gasteiger partial charge on any atom is 0.166 e. The molecule has 0 bridgehead atoms. The number of nitrogens with zero attached hydrogens (tertiary/aromatic N) is 1. The first-order valence-corrected chi connectivity index (χ1v) is 9.35. The number of benzene rings is 2. The Morgan fingerprint density at radius 3 is 2.69 bits per heavy atom. The predicted molar refractivity (Wildman–Crippen MR) is 108 cm³/mol. The lowest BCUT2D eigenvalue weighted by atomic mass is 9.99. The van der Waals surface area contributed by atoms with Crippen molar-refractivity contribution >= 4 is 33.9 Å². The Labute approximate surface area is 158 Å². The van der Waals surface area contributed by atoms with E-state index in [1.807, 2.05) is 42.6 Å². The molecule has 0 saturated carbocycles. The van der Waals surface area contributed by atoms with E-state index in [1.54, 1.807) is 0 Å². The summed E-state index contributed by atoms with van der Waals surface area (Å²) < 4.78 is 0. The number of hydrogen-bond acceptors (Lipinski definition) is 2. The largest absolute Gasteiger partial charge is 0.360 e. The standard InChI is InChI=1S/C22H21ClN2O/c23-18-7-5-16(6-8-18)17-9-12-25(13-10-17)14-11-22(26)20-15-24-21-4-2-1-3-19(20)21/h1-9,15,24H,10-14H2. The topological polar surface area (TPSA) is 36.1 Å². The lowest BCUT2D eigenvalue weighted by Gasteiger charge is -2.26. The first-order valence-electron chi connectivity index (χ1n) is 8.97. The van der Waals surface area contributed by atoms with Crippen molar-refractivity contribution in [3.8, 4) is 0 Å². The quantitative estimate of drug-likeness (QED) is 0.633. The molecule has 132 valence electrons. The molecule has 0 unspecified atom stereocenters. The molecule has 3 nitrogen and oxygen atoms in total. The number of ketones is 1. The molecule has 0 spiro atoms.